The van der Waals surface area contributed by atoms with Gasteiger partial charge in [0.2, 0.25) is 0 Å². The molecule has 0 atom stereocenters. The molecule has 0 saturated carbocycles. The Bertz CT molecular complexity index is 1150. The standard InChI is InChI=1S/C14H12O2.C7H7IO.C6H7BO2.CO/c15-10-11-6-8-13(9-7-11)14(16)12-4-2-1-3-5-12;8-7-3-1-6(5-9)2-4-7;8-7(9)6-4-2-1-3-5-6;1-2/h1-9,15H,10H2;1-4,9H,5H2;1-5,8-9H;. The van der Waals surface area contributed by atoms with Crippen molar-refractivity contribution in [1.82, 2.24) is 0 Å². The molecule has 6 nitrogen and oxygen atoms in total. The summed E-state index contributed by atoms with van der Waals surface area (Å²) >= 11 is 2.23. The predicted octanol–water partition coefficient (Wildman–Crippen LogP) is 3.52. The van der Waals surface area contributed by atoms with Crippen LogP contribution in [0.5, 0.6) is 0 Å². The quantitative estimate of drug-likeness (QED) is 0.0926. The number of ketones is 1. The molecule has 4 N–H and O–H groups in total. The monoisotopic (exact) mass is 596 g/mol. The van der Waals surface area contributed by atoms with Gasteiger partial charge in [-0.15, -0.1) is 0 Å². The van der Waals surface area contributed by atoms with Crippen molar-refractivity contribution >= 4 is 41.0 Å². The maximum atomic E-state index is 12.0. The van der Waals surface area contributed by atoms with Gasteiger partial charge >= 0.3 is 18.4 Å². The van der Waals surface area contributed by atoms with Gasteiger partial charge in [0, 0.05) is 14.7 Å². The van der Waals surface area contributed by atoms with E-state index in [0.29, 0.717) is 16.6 Å². The molecule has 36 heavy (non-hydrogen) atoms. The van der Waals surface area contributed by atoms with Crippen molar-refractivity contribution in [3.63, 3.8) is 0 Å². The minimum absolute atomic E-state index is 0.000191. The average molecular weight is 596 g/mol. The number of hydrogen-bond donors (Lipinski definition) is 4. The van der Waals surface area contributed by atoms with Crippen LogP contribution in [0.15, 0.2) is 109 Å². The Hall–Kier alpha value is -3.08. The fraction of sp³-hybridized carbons (Fsp3) is 0.0714. The first-order chi connectivity index (χ1) is 17.4. The molecule has 0 aliphatic carbocycles. The zero-order chi connectivity index (χ0) is 26.8. The summed E-state index contributed by atoms with van der Waals surface area (Å²) in [5.74, 6) is 0.00471. The Kier molecular flexibility index (Phi) is 15.7. The molecule has 0 heterocycles. The van der Waals surface area contributed by atoms with Crippen LogP contribution in [0, 0.1) is 10.2 Å². The summed E-state index contributed by atoms with van der Waals surface area (Å²) in [5, 5.41) is 34.7. The van der Waals surface area contributed by atoms with Crippen molar-refractivity contribution in [2.75, 3.05) is 0 Å². The number of benzene rings is 4. The number of halogens is 1. The van der Waals surface area contributed by atoms with Gasteiger partial charge in [0.05, 0.1) is 13.2 Å². The maximum absolute atomic E-state index is 12.0. The second-order valence-corrected chi connectivity index (χ2v) is 8.36. The van der Waals surface area contributed by atoms with Crippen LogP contribution in [0.3, 0.4) is 0 Å². The zero-order valence-electron chi connectivity index (χ0n) is 19.4. The van der Waals surface area contributed by atoms with E-state index in [9.17, 15) is 4.79 Å². The van der Waals surface area contributed by atoms with E-state index in [4.69, 9.17) is 24.9 Å². The van der Waals surface area contributed by atoms with Gasteiger partial charge in [-0.25, -0.2) is 0 Å². The van der Waals surface area contributed by atoms with Crippen molar-refractivity contribution < 1.29 is 29.7 Å². The summed E-state index contributed by atoms with van der Waals surface area (Å²) in [7, 11) is -1.34. The van der Waals surface area contributed by atoms with Gasteiger partial charge in [0.1, 0.15) is 0 Å². The molecule has 0 unspecified atom stereocenters. The Morgan fingerprint density at radius 3 is 1.44 bits per heavy atom. The molecule has 184 valence electrons. The van der Waals surface area contributed by atoms with Gasteiger partial charge in [0.25, 0.3) is 0 Å². The second kappa shape index (κ2) is 18.2. The van der Waals surface area contributed by atoms with Crippen molar-refractivity contribution in [3.8, 4) is 0 Å². The number of hydrogen-bond acceptors (Lipinski definition) is 5. The van der Waals surface area contributed by atoms with Crippen LogP contribution in [0.1, 0.15) is 27.0 Å². The van der Waals surface area contributed by atoms with Gasteiger partial charge in [-0.3, -0.25) is 4.79 Å². The van der Waals surface area contributed by atoms with E-state index < -0.39 is 7.12 Å². The van der Waals surface area contributed by atoms with Crippen LogP contribution in [0.2, 0.25) is 0 Å². The fourth-order valence-corrected chi connectivity index (χ4v) is 3.09. The van der Waals surface area contributed by atoms with E-state index in [1.165, 1.54) is 3.57 Å². The van der Waals surface area contributed by atoms with Crippen LogP contribution < -0.4 is 5.46 Å². The number of rotatable bonds is 5. The van der Waals surface area contributed by atoms with Crippen molar-refractivity contribution in [3.05, 3.63) is 142 Å². The Morgan fingerprint density at radius 1 is 0.667 bits per heavy atom. The molecule has 0 radical (unpaired) electrons. The van der Waals surface area contributed by atoms with Gasteiger partial charge in [-0.2, -0.15) is 0 Å². The average Bonchev–Trinajstić information content (AvgIpc) is 2.96. The molecule has 4 rings (SSSR count). The molecular weight excluding hydrogens is 570 g/mol. The predicted molar refractivity (Wildman–Crippen MR) is 148 cm³/mol. The molecule has 0 amide bonds. The van der Waals surface area contributed by atoms with Gasteiger partial charge in [-0.1, -0.05) is 97.1 Å². The van der Waals surface area contributed by atoms with Gasteiger partial charge < -0.3 is 20.3 Å². The molecule has 4 aromatic rings. The molecular formula is C28H26BIO6. The van der Waals surface area contributed by atoms with Crippen molar-refractivity contribution in [2.45, 2.75) is 13.2 Å². The zero-order valence-corrected chi connectivity index (χ0v) is 21.5. The number of carbonyl (C=O) groups excluding carboxylic acids is 1. The summed E-state index contributed by atoms with van der Waals surface area (Å²) in [5.41, 5.74) is 3.63. The number of aliphatic hydroxyl groups excluding tert-OH is 2. The first kappa shape index (κ1) is 31.0. The SMILES string of the molecule is O=C(c1ccccc1)c1ccc(CO)cc1.OB(O)c1ccccc1.OCc1ccc(I)cc1.[C-]#[O+]. The first-order valence-corrected chi connectivity index (χ1v) is 11.8. The van der Waals surface area contributed by atoms with Crippen LogP contribution in [-0.4, -0.2) is 33.2 Å². The third-order valence-corrected chi connectivity index (χ3v) is 5.35. The Labute approximate surface area is 224 Å². The van der Waals surface area contributed by atoms with Crippen LogP contribution in [0.25, 0.3) is 0 Å². The third-order valence-electron chi connectivity index (χ3n) is 4.63. The Balaban J connectivity index is 0.000000278. The van der Waals surface area contributed by atoms with Crippen LogP contribution in [0.4, 0.5) is 0 Å². The summed E-state index contributed by atoms with van der Waals surface area (Å²) in [4.78, 5) is 12.0. The summed E-state index contributed by atoms with van der Waals surface area (Å²) < 4.78 is 8.70. The second-order valence-electron chi connectivity index (χ2n) is 7.12. The van der Waals surface area contributed by atoms with Crippen molar-refractivity contribution in [2.24, 2.45) is 0 Å². The Morgan fingerprint density at radius 2 is 1.06 bits per heavy atom. The third kappa shape index (κ3) is 11.6. The summed E-state index contributed by atoms with van der Waals surface area (Å²) in [6, 6.07) is 32.6. The van der Waals surface area contributed by atoms with Gasteiger partial charge in [-0.05, 0) is 51.3 Å². The molecule has 0 bridgehead atoms. The summed E-state index contributed by atoms with van der Waals surface area (Å²) in [6.07, 6.45) is 0. The minimum atomic E-state index is -1.34. The molecule has 0 aliphatic rings. The van der Waals surface area contributed by atoms with Crippen molar-refractivity contribution in [1.29, 1.82) is 0 Å². The fourth-order valence-electron chi connectivity index (χ4n) is 2.73. The molecule has 4 aromatic carbocycles. The number of carbonyl (C=O) groups is 1. The molecule has 0 aromatic heterocycles. The number of aliphatic hydroxyl groups is 2. The van der Waals surface area contributed by atoms with Crippen LogP contribution >= 0.6 is 22.6 Å². The van der Waals surface area contributed by atoms with Gasteiger partial charge in [0.15, 0.2) is 5.78 Å². The van der Waals surface area contributed by atoms with E-state index in [0.717, 1.165) is 11.1 Å². The summed E-state index contributed by atoms with van der Waals surface area (Å²) in [6.45, 7) is 4.64. The van der Waals surface area contributed by atoms with E-state index in [-0.39, 0.29) is 19.0 Å². The molecule has 0 aliphatic heterocycles. The van der Waals surface area contributed by atoms with E-state index in [2.05, 4.69) is 29.2 Å². The van der Waals surface area contributed by atoms with E-state index in [1.54, 1.807) is 60.7 Å². The molecule has 8 heteroatoms. The normalized spacial score (nSPS) is 9.19. The first-order valence-electron chi connectivity index (χ1n) is 10.7. The van der Waals surface area contributed by atoms with Crippen LogP contribution in [-0.2, 0) is 17.9 Å². The molecule has 0 saturated heterocycles. The van der Waals surface area contributed by atoms with E-state index in [1.807, 2.05) is 48.5 Å². The van der Waals surface area contributed by atoms with E-state index >= 15 is 0 Å². The molecule has 0 fully saturated rings. The molecule has 0 spiro atoms. The topological polar surface area (TPSA) is 118 Å².